The van der Waals surface area contributed by atoms with Gasteiger partial charge in [-0.05, 0) is 31.5 Å². The van der Waals surface area contributed by atoms with E-state index in [9.17, 15) is 9.50 Å². The lowest BCUT2D eigenvalue weighted by atomic mass is 10.1. The quantitative estimate of drug-likeness (QED) is 0.935. The summed E-state index contributed by atoms with van der Waals surface area (Å²) >= 11 is 0. The van der Waals surface area contributed by atoms with Crippen molar-refractivity contribution >= 4 is 5.82 Å². The van der Waals surface area contributed by atoms with Crippen LogP contribution in [0.4, 0.5) is 10.2 Å². The second-order valence-electron chi connectivity index (χ2n) is 5.60. The molecular formula is C16H18FN3O2. The number of aryl methyl sites for hydroxylation is 1. The van der Waals surface area contributed by atoms with Crippen LogP contribution in [0, 0.1) is 12.7 Å². The molecule has 1 aromatic carbocycles. The van der Waals surface area contributed by atoms with Gasteiger partial charge >= 0.3 is 0 Å². The number of benzene rings is 1. The summed E-state index contributed by atoms with van der Waals surface area (Å²) in [6.45, 7) is 3.08. The van der Waals surface area contributed by atoms with Crippen LogP contribution in [0.2, 0.25) is 0 Å². The third-order valence-electron chi connectivity index (χ3n) is 3.72. The predicted octanol–water partition coefficient (Wildman–Crippen LogP) is 1.94. The molecule has 1 N–H and O–H groups in total. The maximum atomic E-state index is 13.1. The molecule has 0 amide bonds. The first-order valence-corrected chi connectivity index (χ1v) is 7.19. The van der Waals surface area contributed by atoms with Gasteiger partial charge in [0.25, 0.3) is 0 Å². The van der Waals surface area contributed by atoms with Gasteiger partial charge in [-0.15, -0.1) is 0 Å². The molecule has 0 saturated carbocycles. The van der Waals surface area contributed by atoms with Gasteiger partial charge in [0, 0.05) is 18.8 Å². The van der Waals surface area contributed by atoms with Crippen LogP contribution in [0.15, 0.2) is 36.5 Å². The van der Waals surface area contributed by atoms with Crippen LogP contribution >= 0.6 is 0 Å². The highest BCUT2D eigenvalue weighted by Crippen LogP contribution is 2.26. The lowest BCUT2D eigenvalue weighted by molar-refractivity contribution is 0.0143. The fourth-order valence-electron chi connectivity index (χ4n) is 2.56. The van der Waals surface area contributed by atoms with Gasteiger partial charge in [0.2, 0.25) is 0 Å². The van der Waals surface area contributed by atoms with Gasteiger partial charge in [0.1, 0.15) is 35.4 Å². The molecule has 1 atom stereocenters. The smallest absolute Gasteiger partial charge is 0.132 e. The summed E-state index contributed by atoms with van der Waals surface area (Å²) in [5.74, 6) is 1.57. The normalized spacial score (nSPS) is 21.1. The predicted molar refractivity (Wildman–Crippen MR) is 80.4 cm³/mol. The number of nitrogens with zero attached hydrogens (tertiary/aromatic N) is 3. The third-order valence-corrected chi connectivity index (χ3v) is 3.72. The summed E-state index contributed by atoms with van der Waals surface area (Å²) in [5, 5.41) is 10.6. The molecule has 22 heavy (non-hydrogen) atoms. The zero-order valence-corrected chi connectivity index (χ0v) is 12.4. The number of rotatable bonds is 4. The zero-order valence-electron chi connectivity index (χ0n) is 12.4. The number of hydrogen-bond donors (Lipinski definition) is 1. The third kappa shape index (κ3) is 3.33. The molecule has 2 heterocycles. The number of ether oxygens (including phenoxy) is 1. The van der Waals surface area contributed by atoms with E-state index in [0.717, 1.165) is 5.82 Å². The number of hydrogen-bond acceptors (Lipinski definition) is 5. The first-order valence-electron chi connectivity index (χ1n) is 7.19. The van der Waals surface area contributed by atoms with Crippen molar-refractivity contribution in [2.24, 2.45) is 0 Å². The average molecular weight is 303 g/mol. The maximum absolute atomic E-state index is 13.1. The van der Waals surface area contributed by atoms with Gasteiger partial charge in [-0.2, -0.15) is 0 Å². The van der Waals surface area contributed by atoms with Gasteiger partial charge in [-0.1, -0.05) is 6.07 Å². The van der Waals surface area contributed by atoms with Gasteiger partial charge in [0.15, 0.2) is 0 Å². The van der Waals surface area contributed by atoms with E-state index in [0.29, 0.717) is 31.1 Å². The molecule has 5 nitrogen and oxygen atoms in total. The number of anilines is 1. The minimum Gasteiger partial charge on any atom is -0.490 e. The van der Waals surface area contributed by atoms with E-state index in [2.05, 4.69) is 9.97 Å². The van der Waals surface area contributed by atoms with E-state index in [1.165, 1.54) is 12.1 Å². The first-order chi connectivity index (χ1) is 10.5. The molecule has 0 spiro atoms. The average Bonchev–Trinajstić information content (AvgIpc) is 2.89. The molecule has 1 aliphatic heterocycles. The van der Waals surface area contributed by atoms with Crippen molar-refractivity contribution in [3.05, 3.63) is 48.2 Å². The Morgan fingerprint density at radius 2 is 2.27 bits per heavy atom. The van der Waals surface area contributed by atoms with Gasteiger partial charge < -0.3 is 14.7 Å². The minimum absolute atomic E-state index is 0.122. The molecular weight excluding hydrogens is 285 g/mol. The van der Waals surface area contributed by atoms with Crippen LogP contribution in [0.25, 0.3) is 0 Å². The molecule has 0 aliphatic carbocycles. The Labute approximate surface area is 128 Å². The van der Waals surface area contributed by atoms with Crippen molar-refractivity contribution in [1.82, 2.24) is 9.97 Å². The van der Waals surface area contributed by atoms with Gasteiger partial charge in [-0.3, -0.25) is 0 Å². The first kappa shape index (κ1) is 14.7. The van der Waals surface area contributed by atoms with E-state index < -0.39 is 5.60 Å². The molecule has 6 heteroatoms. The standard InChI is InChI=1S/C16H18FN3O2/c1-12-18-7-5-15(19-12)20-8-6-16(21,10-20)11-22-14-4-2-3-13(17)9-14/h2-5,7,9,21H,6,8,10-11H2,1H3. The van der Waals surface area contributed by atoms with E-state index in [-0.39, 0.29) is 12.4 Å². The van der Waals surface area contributed by atoms with Crippen LogP contribution < -0.4 is 9.64 Å². The molecule has 1 aromatic heterocycles. The number of aromatic nitrogens is 2. The summed E-state index contributed by atoms with van der Waals surface area (Å²) < 4.78 is 18.7. The van der Waals surface area contributed by atoms with Crippen molar-refractivity contribution in [3.63, 3.8) is 0 Å². The fourth-order valence-corrected chi connectivity index (χ4v) is 2.56. The number of aliphatic hydroxyl groups is 1. The van der Waals surface area contributed by atoms with E-state index in [1.54, 1.807) is 18.3 Å². The van der Waals surface area contributed by atoms with E-state index in [4.69, 9.17) is 4.74 Å². The minimum atomic E-state index is -0.967. The van der Waals surface area contributed by atoms with Gasteiger partial charge in [-0.25, -0.2) is 14.4 Å². The van der Waals surface area contributed by atoms with E-state index >= 15 is 0 Å². The highest BCUT2D eigenvalue weighted by atomic mass is 19.1. The molecule has 3 rings (SSSR count). The molecule has 2 aromatic rings. The topological polar surface area (TPSA) is 58.5 Å². The molecule has 0 bridgehead atoms. The number of β-amino-alcohol motifs (C(OH)–C–C–N with tert-alkyl or cyclic N) is 1. The molecule has 1 fully saturated rings. The van der Waals surface area contributed by atoms with Crippen molar-refractivity contribution in [1.29, 1.82) is 0 Å². The molecule has 1 saturated heterocycles. The monoisotopic (exact) mass is 303 g/mol. The van der Waals surface area contributed by atoms with Crippen LogP contribution in [0.1, 0.15) is 12.2 Å². The number of halogens is 1. The Balaban J connectivity index is 1.63. The second kappa shape index (κ2) is 5.88. The summed E-state index contributed by atoms with van der Waals surface area (Å²) in [4.78, 5) is 10.4. The lowest BCUT2D eigenvalue weighted by Gasteiger charge is -2.24. The Bertz CT molecular complexity index is 667. The molecule has 1 aliphatic rings. The Morgan fingerprint density at radius 3 is 3.05 bits per heavy atom. The summed E-state index contributed by atoms with van der Waals surface area (Å²) in [5.41, 5.74) is -0.967. The highest BCUT2D eigenvalue weighted by Gasteiger charge is 2.37. The van der Waals surface area contributed by atoms with Crippen molar-refractivity contribution in [2.75, 3.05) is 24.6 Å². The lowest BCUT2D eigenvalue weighted by Crippen LogP contribution is -2.39. The summed E-state index contributed by atoms with van der Waals surface area (Å²) in [6.07, 6.45) is 2.28. The van der Waals surface area contributed by atoms with Crippen molar-refractivity contribution in [3.8, 4) is 5.75 Å². The highest BCUT2D eigenvalue weighted by molar-refractivity contribution is 5.40. The fraction of sp³-hybridized carbons (Fsp3) is 0.375. The summed E-state index contributed by atoms with van der Waals surface area (Å²) in [7, 11) is 0. The van der Waals surface area contributed by atoms with E-state index in [1.807, 2.05) is 17.9 Å². The van der Waals surface area contributed by atoms with Crippen LogP contribution in [-0.2, 0) is 0 Å². The molecule has 1 unspecified atom stereocenters. The second-order valence-corrected chi connectivity index (χ2v) is 5.60. The molecule has 0 radical (unpaired) electrons. The van der Waals surface area contributed by atoms with Crippen LogP contribution in [-0.4, -0.2) is 40.4 Å². The summed E-state index contributed by atoms with van der Waals surface area (Å²) in [6, 6.07) is 7.75. The van der Waals surface area contributed by atoms with Crippen LogP contribution in [0.5, 0.6) is 5.75 Å². The SMILES string of the molecule is Cc1nccc(N2CCC(O)(COc3cccc(F)c3)C2)n1. The van der Waals surface area contributed by atoms with Crippen molar-refractivity contribution in [2.45, 2.75) is 18.9 Å². The maximum Gasteiger partial charge on any atom is 0.132 e. The van der Waals surface area contributed by atoms with Gasteiger partial charge in [0.05, 0.1) is 6.54 Å². The largest absolute Gasteiger partial charge is 0.490 e. The van der Waals surface area contributed by atoms with Crippen LogP contribution in [0.3, 0.4) is 0 Å². The Hall–Kier alpha value is -2.21. The Kier molecular flexibility index (Phi) is 3.94. The zero-order chi connectivity index (χ0) is 15.6. The molecule has 116 valence electrons. The van der Waals surface area contributed by atoms with Crippen molar-refractivity contribution < 1.29 is 14.2 Å². The Morgan fingerprint density at radius 1 is 1.41 bits per heavy atom.